The predicted molar refractivity (Wildman–Crippen MR) is 72.3 cm³/mol. The normalized spacial score (nSPS) is 15.7. The highest BCUT2D eigenvalue weighted by molar-refractivity contribution is 9.10. The molecule has 1 aliphatic rings. The number of halogens is 1. The molecule has 19 heavy (non-hydrogen) atoms. The molecular formula is C13H14BrNO4. The van der Waals surface area contributed by atoms with Crippen molar-refractivity contribution >= 4 is 27.8 Å². The number of hydrogen-bond acceptors (Lipinski definition) is 3. The Kier molecular flexibility index (Phi) is 3.80. The zero-order chi connectivity index (χ0) is 14.0. The summed E-state index contributed by atoms with van der Waals surface area (Å²) in [6.07, 6.45) is 1.22. The maximum atomic E-state index is 12.0. The molecule has 2 rings (SSSR count). The molecule has 6 heteroatoms. The fraction of sp³-hybridized carbons (Fsp3) is 0.385. The molecule has 0 atom stereocenters. The van der Waals surface area contributed by atoms with Crippen LogP contribution in [0.3, 0.4) is 0 Å². The van der Waals surface area contributed by atoms with Gasteiger partial charge in [0.15, 0.2) is 0 Å². The Morgan fingerprint density at radius 3 is 2.68 bits per heavy atom. The van der Waals surface area contributed by atoms with E-state index in [0.29, 0.717) is 24.2 Å². The lowest BCUT2D eigenvalue weighted by molar-refractivity contribution is -0.143. The van der Waals surface area contributed by atoms with Gasteiger partial charge in [0.05, 0.1) is 18.1 Å². The highest BCUT2D eigenvalue weighted by Gasteiger charge is 2.50. The second kappa shape index (κ2) is 5.21. The molecular weight excluding hydrogens is 314 g/mol. The lowest BCUT2D eigenvalue weighted by Gasteiger charge is -2.13. The molecule has 2 N–H and O–H groups in total. The quantitative estimate of drug-likeness (QED) is 0.867. The average Bonchev–Trinajstić information content (AvgIpc) is 3.17. The van der Waals surface area contributed by atoms with Crippen molar-refractivity contribution < 1.29 is 19.4 Å². The summed E-state index contributed by atoms with van der Waals surface area (Å²) in [5, 5.41) is 11.7. The standard InChI is InChI=1S/C13H14BrNO4/c1-19-10-6-8(14)2-3-9(10)11(16)15-7-13(4-5-13)12(17)18/h2-3,6H,4-5,7H2,1H3,(H,15,16)(H,17,18). The van der Waals surface area contributed by atoms with Crippen molar-refractivity contribution in [1.82, 2.24) is 5.32 Å². The number of amides is 1. The first kappa shape index (κ1) is 13.9. The number of carboxylic acids is 1. The third kappa shape index (κ3) is 2.89. The van der Waals surface area contributed by atoms with Gasteiger partial charge in [0.25, 0.3) is 5.91 Å². The van der Waals surface area contributed by atoms with Gasteiger partial charge in [-0.25, -0.2) is 0 Å². The van der Waals surface area contributed by atoms with Gasteiger partial charge in [-0.3, -0.25) is 9.59 Å². The largest absolute Gasteiger partial charge is 0.496 e. The Morgan fingerprint density at radius 1 is 1.47 bits per heavy atom. The number of methoxy groups -OCH3 is 1. The van der Waals surface area contributed by atoms with Crippen LogP contribution in [0.15, 0.2) is 22.7 Å². The van der Waals surface area contributed by atoms with Gasteiger partial charge in [0.1, 0.15) is 5.75 Å². The van der Waals surface area contributed by atoms with Crippen LogP contribution < -0.4 is 10.1 Å². The minimum absolute atomic E-state index is 0.153. The predicted octanol–water partition coefficient (Wildman–Crippen LogP) is 2.05. The average molecular weight is 328 g/mol. The molecule has 0 heterocycles. The van der Waals surface area contributed by atoms with Gasteiger partial charge in [-0.15, -0.1) is 0 Å². The number of carbonyl (C=O) groups excluding carboxylic acids is 1. The van der Waals surface area contributed by atoms with Crippen molar-refractivity contribution in [3.8, 4) is 5.75 Å². The lowest BCUT2D eigenvalue weighted by atomic mass is 10.1. The first-order chi connectivity index (χ1) is 8.98. The summed E-state index contributed by atoms with van der Waals surface area (Å²) < 4.78 is 5.95. The first-order valence-electron chi connectivity index (χ1n) is 5.84. The number of aliphatic carboxylic acids is 1. The van der Waals surface area contributed by atoms with Crippen LogP contribution in [0.5, 0.6) is 5.75 Å². The molecule has 1 aromatic rings. The third-order valence-electron chi connectivity index (χ3n) is 3.30. The van der Waals surface area contributed by atoms with Crippen molar-refractivity contribution in [2.75, 3.05) is 13.7 Å². The minimum Gasteiger partial charge on any atom is -0.496 e. The number of hydrogen-bond donors (Lipinski definition) is 2. The molecule has 0 bridgehead atoms. The molecule has 0 saturated heterocycles. The Bertz CT molecular complexity index is 525. The molecule has 102 valence electrons. The highest BCUT2D eigenvalue weighted by Crippen LogP contribution is 2.45. The maximum absolute atomic E-state index is 12.0. The van der Waals surface area contributed by atoms with Crippen LogP contribution in [0, 0.1) is 5.41 Å². The molecule has 0 radical (unpaired) electrons. The number of benzene rings is 1. The Labute approximate surface area is 119 Å². The first-order valence-corrected chi connectivity index (χ1v) is 6.63. The lowest BCUT2D eigenvalue weighted by Crippen LogP contribution is -2.34. The van der Waals surface area contributed by atoms with Gasteiger partial charge in [-0.1, -0.05) is 15.9 Å². The number of carbonyl (C=O) groups is 2. The summed E-state index contributed by atoms with van der Waals surface area (Å²) in [6.45, 7) is 0.153. The van der Waals surface area contributed by atoms with Gasteiger partial charge in [0.2, 0.25) is 0 Å². The molecule has 1 saturated carbocycles. The van der Waals surface area contributed by atoms with Gasteiger partial charge in [-0.2, -0.15) is 0 Å². The zero-order valence-electron chi connectivity index (χ0n) is 10.4. The van der Waals surface area contributed by atoms with Gasteiger partial charge in [-0.05, 0) is 31.0 Å². The second-order valence-corrected chi connectivity index (χ2v) is 5.53. The van der Waals surface area contributed by atoms with E-state index in [1.54, 1.807) is 18.2 Å². The topological polar surface area (TPSA) is 75.6 Å². The summed E-state index contributed by atoms with van der Waals surface area (Å²) in [4.78, 5) is 23.1. The monoisotopic (exact) mass is 327 g/mol. The van der Waals surface area contributed by atoms with E-state index in [1.165, 1.54) is 7.11 Å². The van der Waals surface area contributed by atoms with Crippen molar-refractivity contribution in [2.45, 2.75) is 12.8 Å². The number of nitrogens with one attached hydrogen (secondary N) is 1. The van der Waals surface area contributed by atoms with Crippen molar-refractivity contribution in [1.29, 1.82) is 0 Å². The van der Waals surface area contributed by atoms with E-state index in [4.69, 9.17) is 9.84 Å². The molecule has 0 aliphatic heterocycles. The van der Waals surface area contributed by atoms with Crippen LogP contribution in [0.4, 0.5) is 0 Å². The fourth-order valence-corrected chi connectivity index (χ4v) is 2.15. The van der Waals surface area contributed by atoms with E-state index in [-0.39, 0.29) is 12.5 Å². The molecule has 0 aromatic heterocycles. The van der Waals surface area contributed by atoms with Crippen LogP contribution in [-0.4, -0.2) is 30.6 Å². The van der Waals surface area contributed by atoms with Crippen LogP contribution in [0.1, 0.15) is 23.2 Å². The van der Waals surface area contributed by atoms with Crippen molar-refractivity contribution in [3.05, 3.63) is 28.2 Å². The van der Waals surface area contributed by atoms with E-state index in [2.05, 4.69) is 21.2 Å². The van der Waals surface area contributed by atoms with E-state index in [9.17, 15) is 9.59 Å². The van der Waals surface area contributed by atoms with Gasteiger partial charge < -0.3 is 15.2 Å². The highest BCUT2D eigenvalue weighted by atomic mass is 79.9. The summed E-state index contributed by atoms with van der Waals surface area (Å²) in [5.41, 5.74) is -0.370. The Hall–Kier alpha value is -1.56. The summed E-state index contributed by atoms with van der Waals surface area (Å²) >= 11 is 3.30. The van der Waals surface area contributed by atoms with E-state index in [0.717, 1.165) is 4.47 Å². The van der Waals surface area contributed by atoms with Crippen LogP contribution in [-0.2, 0) is 4.79 Å². The van der Waals surface area contributed by atoms with Crippen molar-refractivity contribution in [3.63, 3.8) is 0 Å². The van der Waals surface area contributed by atoms with E-state index in [1.807, 2.05) is 0 Å². The van der Waals surface area contributed by atoms with Gasteiger partial charge in [0, 0.05) is 11.0 Å². The van der Waals surface area contributed by atoms with E-state index < -0.39 is 11.4 Å². The Balaban J connectivity index is 2.06. The molecule has 1 fully saturated rings. The van der Waals surface area contributed by atoms with Crippen LogP contribution in [0.2, 0.25) is 0 Å². The number of ether oxygens (including phenoxy) is 1. The second-order valence-electron chi connectivity index (χ2n) is 4.61. The molecule has 1 amide bonds. The summed E-state index contributed by atoms with van der Waals surface area (Å²) in [6, 6.07) is 5.07. The summed E-state index contributed by atoms with van der Waals surface area (Å²) in [5.74, 6) is -0.723. The van der Waals surface area contributed by atoms with Crippen molar-refractivity contribution in [2.24, 2.45) is 5.41 Å². The van der Waals surface area contributed by atoms with Gasteiger partial charge >= 0.3 is 5.97 Å². The summed E-state index contributed by atoms with van der Waals surface area (Å²) in [7, 11) is 1.48. The van der Waals surface area contributed by atoms with Crippen LogP contribution in [0.25, 0.3) is 0 Å². The minimum atomic E-state index is -0.851. The van der Waals surface area contributed by atoms with E-state index >= 15 is 0 Å². The SMILES string of the molecule is COc1cc(Br)ccc1C(=O)NCC1(C(=O)O)CC1. The smallest absolute Gasteiger partial charge is 0.311 e. The fourth-order valence-electron chi connectivity index (χ4n) is 1.81. The molecule has 1 aliphatic carbocycles. The zero-order valence-corrected chi connectivity index (χ0v) is 12.0. The Morgan fingerprint density at radius 2 is 2.16 bits per heavy atom. The van der Waals surface area contributed by atoms with Crippen LogP contribution >= 0.6 is 15.9 Å². The molecule has 0 spiro atoms. The molecule has 0 unspecified atom stereocenters. The molecule has 1 aromatic carbocycles. The molecule has 5 nitrogen and oxygen atoms in total. The third-order valence-corrected chi connectivity index (χ3v) is 3.80. The maximum Gasteiger partial charge on any atom is 0.311 e. The number of carboxylic acid groups (broad SMARTS) is 1. The number of rotatable bonds is 5.